The van der Waals surface area contributed by atoms with E-state index in [2.05, 4.69) is 17.2 Å². The third-order valence-corrected chi connectivity index (χ3v) is 10.6. The van der Waals surface area contributed by atoms with Gasteiger partial charge in [-0.05, 0) is 41.3 Å². The third-order valence-electron chi connectivity index (χ3n) is 10.6. The number of hydrogen-bond donors (Lipinski definition) is 1. The molecule has 11 heteroatoms. The van der Waals surface area contributed by atoms with E-state index >= 15 is 0 Å². The first-order valence-corrected chi connectivity index (χ1v) is 19.9. The Balaban J connectivity index is 1.15. The van der Waals surface area contributed by atoms with Gasteiger partial charge in [0.05, 0.1) is 18.6 Å². The van der Waals surface area contributed by atoms with Crippen molar-refractivity contribution in [2.45, 2.75) is 103 Å². The van der Waals surface area contributed by atoms with Crippen LogP contribution in [0, 0.1) is 0 Å². The zero-order valence-electron chi connectivity index (χ0n) is 32.2. The van der Waals surface area contributed by atoms with Crippen LogP contribution in [0.15, 0.2) is 91.1 Å². The van der Waals surface area contributed by atoms with E-state index in [-0.39, 0.29) is 49.9 Å². The maximum atomic E-state index is 14.5. The van der Waals surface area contributed by atoms with E-state index in [1.54, 1.807) is 45.2 Å². The summed E-state index contributed by atoms with van der Waals surface area (Å²) in [5, 5.41) is 7.17. The molecule has 6 rings (SSSR count). The van der Waals surface area contributed by atoms with Crippen LogP contribution in [0.1, 0.15) is 87.8 Å². The maximum absolute atomic E-state index is 14.5. The van der Waals surface area contributed by atoms with Crippen molar-refractivity contribution in [2.24, 2.45) is 0 Å². The number of esters is 1. The molecule has 2 atom stereocenters. The van der Waals surface area contributed by atoms with E-state index < -0.39 is 12.2 Å². The number of carbonyl (C=O) groups excluding carboxylic acids is 4. The number of aromatic nitrogens is 1. The zero-order chi connectivity index (χ0) is 38.6. The summed E-state index contributed by atoms with van der Waals surface area (Å²) < 4.78 is 5.64. The van der Waals surface area contributed by atoms with Crippen LogP contribution in [-0.4, -0.2) is 81.0 Å². The van der Waals surface area contributed by atoms with Crippen LogP contribution >= 0.6 is 0 Å². The summed E-state index contributed by atoms with van der Waals surface area (Å²) in [6.07, 6.45) is 12.2. The molecule has 0 radical (unpaired) electrons. The third kappa shape index (κ3) is 10.3. The smallest absolute Gasteiger partial charge is 0.334 e. The van der Waals surface area contributed by atoms with Crippen molar-refractivity contribution in [3.05, 3.63) is 108 Å². The van der Waals surface area contributed by atoms with Gasteiger partial charge in [0.1, 0.15) is 18.0 Å². The van der Waals surface area contributed by atoms with Crippen LogP contribution < -0.4 is 10.1 Å². The first-order chi connectivity index (χ1) is 26.8. The molecule has 1 unspecified atom stereocenters. The Kier molecular flexibility index (Phi) is 13.9. The number of hydrazine groups is 1. The number of likely N-dealkylation sites (N-methyl/N-ethyl adjacent to an activating group) is 1. The lowest BCUT2D eigenvalue weighted by atomic mass is 9.98. The molecule has 2 saturated heterocycles. The van der Waals surface area contributed by atoms with Crippen molar-refractivity contribution >= 4 is 34.7 Å². The lowest BCUT2D eigenvalue weighted by Crippen LogP contribution is -2.76. The first kappa shape index (κ1) is 39.4. The van der Waals surface area contributed by atoms with Crippen molar-refractivity contribution in [1.29, 1.82) is 0 Å². The molecule has 55 heavy (non-hydrogen) atoms. The number of para-hydroxylation sites is 1. The Morgan fingerprint density at radius 2 is 1.53 bits per heavy atom. The lowest BCUT2D eigenvalue weighted by Gasteiger charge is -2.54. The summed E-state index contributed by atoms with van der Waals surface area (Å²) >= 11 is 0. The molecule has 0 aliphatic carbocycles. The Bertz CT molecular complexity index is 1900. The Morgan fingerprint density at radius 1 is 0.818 bits per heavy atom. The van der Waals surface area contributed by atoms with Gasteiger partial charge in [-0.2, -0.15) is 0 Å². The molecule has 11 nitrogen and oxygen atoms in total. The number of urea groups is 1. The van der Waals surface area contributed by atoms with Crippen LogP contribution in [0.5, 0.6) is 5.75 Å². The van der Waals surface area contributed by atoms with Gasteiger partial charge in [0.2, 0.25) is 11.8 Å². The second-order valence-electron chi connectivity index (χ2n) is 14.7. The summed E-state index contributed by atoms with van der Waals surface area (Å²) in [7, 11) is 1.72. The highest BCUT2D eigenvalue weighted by molar-refractivity contribution is 5.92. The molecule has 2 aliphatic heterocycles. The van der Waals surface area contributed by atoms with Crippen LogP contribution in [0.3, 0.4) is 0 Å². The Labute approximate surface area is 324 Å². The lowest BCUT2D eigenvalue weighted by molar-refractivity contribution is -0.187. The highest BCUT2D eigenvalue weighted by Gasteiger charge is 2.50. The molecule has 4 amide bonds. The summed E-state index contributed by atoms with van der Waals surface area (Å²) in [5.74, 6) is -0.248. The van der Waals surface area contributed by atoms with E-state index in [1.807, 2.05) is 72.8 Å². The number of rotatable bonds is 17. The minimum absolute atomic E-state index is 0.0554. The van der Waals surface area contributed by atoms with E-state index in [9.17, 15) is 19.2 Å². The van der Waals surface area contributed by atoms with Gasteiger partial charge >= 0.3 is 12.0 Å². The molecule has 290 valence electrons. The number of benzene rings is 3. The van der Waals surface area contributed by atoms with Crippen molar-refractivity contribution in [1.82, 2.24) is 30.1 Å². The van der Waals surface area contributed by atoms with E-state index in [0.29, 0.717) is 18.7 Å². The monoisotopic (exact) mass is 746 g/mol. The highest BCUT2D eigenvalue weighted by Crippen LogP contribution is 2.30. The normalized spacial score (nSPS) is 17.4. The second kappa shape index (κ2) is 19.3. The van der Waals surface area contributed by atoms with Gasteiger partial charge in [0.25, 0.3) is 0 Å². The summed E-state index contributed by atoms with van der Waals surface area (Å²) in [4.78, 5) is 62.7. The van der Waals surface area contributed by atoms with Crippen LogP contribution in [0.4, 0.5) is 4.79 Å². The number of unbranched alkanes of at least 4 members (excludes halogenated alkanes) is 8. The number of ether oxygens (including phenoxy) is 1. The van der Waals surface area contributed by atoms with Gasteiger partial charge in [-0.15, -0.1) is 0 Å². The van der Waals surface area contributed by atoms with Gasteiger partial charge < -0.3 is 19.9 Å². The number of nitrogens with zero attached hydrogens (tertiary/aromatic N) is 5. The first-order valence-electron chi connectivity index (χ1n) is 19.9. The fourth-order valence-corrected chi connectivity index (χ4v) is 7.68. The molecular formula is C44H54N6O5. The average molecular weight is 747 g/mol. The molecule has 0 saturated carbocycles. The zero-order valence-corrected chi connectivity index (χ0v) is 32.2. The fraction of sp³-hybridized carbons (Fsp3) is 0.432. The van der Waals surface area contributed by atoms with Gasteiger partial charge in [-0.1, -0.05) is 125 Å². The van der Waals surface area contributed by atoms with E-state index in [4.69, 9.17) is 4.74 Å². The molecule has 0 spiro atoms. The summed E-state index contributed by atoms with van der Waals surface area (Å²) in [6, 6.07) is 25.3. The number of amides is 4. The molecule has 0 bridgehead atoms. The summed E-state index contributed by atoms with van der Waals surface area (Å²) in [5.41, 5.74) is 3.43. The number of fused-ring (bicyclic) bond motifs is 2. The van der Waals surface area contributed by atoms with Gasteiger partial charge in [-0.3, -0.25) is 19.4 Å². The number of piperazine rings is 1. The minimum Gasteiger partial charge on any atom is -0.427 e. The molecule has 2 aliphatic rings. The van der Waals surface area contributed by atoms with E-state index in [1.165, 1.54) is 38.5 Å². The molecule has 3 heterocycles. The maximum Gasteiger partial charge on any atom is 0.334 e. The van der Waals surface area contributed by atoms with Crippen molar-refractivity contribution in [3.63, 3.8) is 0 Å². The molecule has 1 aromatic heterocycles. The second-order valence-corrected chi connectivity index (χ2v) is 14.7. The number of hydrogen-bond acceptors (Lipinski definition) is 7. The van der Waals surface area contributed by atoms with Gasteiger partial charge in [0, 0.05) is 44.6 Å². The number of nitrogens with one attached hydrogen (secondary N) is 1. The highest BCUT2D eigenvalue weighted by atomic mass is 16.5. The Hall–Kier alpha value is -5.29. The van der Waals surface area contributed by atoms with Crippen molar-refractivity contribution in [2.75, 3.05) is 20.1 Å². The standard InChI is InChI=1S/C44H54N6O5/c1-3-4-5-6-7-8-9-10-14-22-41(52)55-37-25-23-33(24-26-37)28-38-43(53)48(30-36-20-15-19-35-21-16-27-45-42(35)36)31-39-49(38)40(51)32-47(2)50(39)44(54)46-29-34-17-12-11-13-18-34/h11-13,15-21,23-27,38-39H,3-10,14,22,28-32H2,1-2H3,(H,46,54)/t38-,39?/m0/s1. The summed E-state index contributed by atoms with van der Waals surface area (Å²) in [6.45, 7) is 2.87. The van der Waals surface area contributed by atoms with Crippen LogP contribution in [0.25, 0.3) is 10.9 Å². The van der Waals surface area contributed by atoms with Crippen LogP contribution in [0.2, 0.25) is 0 Å². The Morgan fingerprint density at radius 3 is 2.27 bits per heavy atom. The minimum atomic E-state index is -0.868. The van der Waals surface area contributed by atoms with Crippen molar-refractivity contribution < 1.29 is 23.9 Å². The number of carbonyl (C=O) groups is 4. The predicted octanol–water partition coefficient (Wildman–Crippen LogP) is 7.24. The molecule has 3 aromatic carbocycles. The average Bonchev–Trinajstić information content (AvgIpc) is 3.19. The molecule has 4 aromatic rings. The van der Waals surface area contributed by atoms with Gasteiger partial charge in [-0.25, -0.2) is 14.8 Å². The molecule has 2 fully saturated rings. The predicted molar refractivity (Wildman–Crippen MR) is 212 cm³/mol. The topological polar surface area (TPSA) is 115 Å². The van der Waals surface area contributed by atoms with Crippen molar-refractivity contribution in [3.8, 4) is 5.75 Å². The SMILES string of the molecule is CCCCCCCCCCCC(=O)Oc1ccc(C[C@H]2C(=O)N(Cc3cccc4cccnc34)CC3N2C(=O)CN(C)N3C(=O)NCc2ccccc2)cc1. The van der Waals surface area contributed by atoms with Gasteiger partial charge in [0.15, 0.2) is 0 Å². The fourth-order valence-electron chi connectivity index (χ4n) is 7.68. The largest absolute Gasteiger partial charge is 0.427 e. The van der Waals surface area contributed by atoms with E-state index in [0.717, 1.165) is 46.9 Å². The van der Waals surface area contributed by atoms with Crippen LogP contribution in [-0.2, 0) is 33.9 Å². The molecular weight excluding hydrogens is 693 g/mol. The molecule has 1 N–H and O–H groups in total. The quantitative estimate of drug-likeness (QED) is 0.0688. The number of pyridine rings is 1.